The average Bonchev–Trinajstić information content (AvgIpc) is 2.88. The highest BCUT2D eigenvalue weighted by Crippen LogP contribution is 2.22. The Morgan fingerprint density at radius 1 is 1.35 bits per heavy atom. The van der Waals surface area contributed by atoms with Crippen molar-refractivity contribution in [2.75, 3.05) is 13.7 Å². The second kappa shape index (κ2) is 6.47. The Bertz CT molecular complexity index is 536. The summed E-state index contributed by atoms with van der Waals surface area (Å²) in [7, 11) is 1.59. The molecule has 0 amide bonds. The molecule has 2 aromatic rings. The van der Waals surface area contributed by atoms with Crippen LogP contribution in [0.3, 0.4) is 0 Å². The summed E-state index contributed by atoms with van der Waals surface area (Å²) in [5.41, 5.74) is 6.75. The van der Waals surface area contributed by atoms with E-state index >= 15 is 0 Å². The van der Waals surface area contributed by atoms with Crippen LogP contribution in [-0.4, -0.2) is 28.8 Å². The van der Waals surface area contributed by atoms with Gasteiger partial charge in [0.25, 0.3) is 0 Å². The Morgan fingerprint density at radius 3 is 2.70 bits per heavy atom. The maximum absolute atomic E-state index is 5.75. The normalized spacial score (nSPS) is 12.7. The van der Waals surface area contributed by atoms with Crippen LogP contribution in [0.2, 0.25) is 0 Å². The second-order valence-electron chi connectivity index (χ2n) is 5.02. The lowest BCUT2D eigenvalue weighted by atomic mass is 9.96. The van der Waals surface area contributed by atoms with E-state index in [-0.39, 0.29) is 5.92 Å². The third-order valence-corrected chi connectivity index (χ3v) is 3.23. The zero-order valence-corrected chi connectivity index (χ0v) is 12.0. The molecule has 0 spiro atoms. The molecule has 2 N–H and O–H groups in total. The van der Waals surface area contributed by atoms with E-state index in [2.05, 4.69) is 29.0 Å². The maximum atomic E-state index is 5.75. The molecule has 0 saturated carbocycles. The average molecular weight is 276 g/mol. The Morgan fingerprint density at radius 2 is 2.15 bits per heavy atom. The fraction of sp³-hybridized carbons (Fsp3) is 0.500. The van der Waals surface area contributed by atoms with Gasteiger partial charge >= 0.3 is 0 Å². The number of hydrogen-bond acceptors (Lipinski definition) is 6. The topological polar surface area (TPSA) is 87.1 Å². The predicted molar refractivity (Wildman–Crippen MR) is 74.5 cm³/mol. The van der Waals surface area contributed by atoms with Crippen LogP contribution in [0.25, 0.3) is 0 Å². The number of hydrogen-bond donors (Lipinski definition) is 1. The van der Waals surface area contributed by atoms with Gasteiger partial charge in [0.05, 0.1) is 13.0 Å². The molecule has 2 heterocycles. The van der Waals surface area contributed by atoms with Crippen LogP contribution in [0, 0.1) is 5.92 Å². The van der Waals surface area contributed by atoms with Crippen molar-refractivity contribution in [1.82, 2.24) is 15.1 Å². The van der Waals surface area contributed by atoms with E-state index in [0.29, 0.717) is 36.5 Å². The summed E-state index contributed by atoms with van der Waals surface area (Å²) in [6, 6.07) is 3.75. The van der Waals surface area contributed by atoms with Crippen molar-refractivity contribution in [3.63, 3.8) is 0 Å². The van der Waals surface area contributed by atoms with Gasteiger partial charge < -0.3 is 15.0 Å². The summed E-state index contributed by atoms with van der Waals surface area (Å²) in [5.74, 6) is 2.32. The molecule has 0 aromatic carbocycles. The minimum absolute atomic E-state index is 0.102. The van der Waals surface area contributed by atoms with Crippen LogP contribution in [-0.2, 0) is 6.42 Å². The smallest absolute Gasteiger partial charge is 0.231 e. The van der Waals surface area contributed by atoms with Crippen LogP contribution >= 0.6 is 0 Å². The summed E-state index contributed by atoms with van der Waals surface area (Å²) >= 11 is 0. The molecule has 108 valence electrons. The molecule has 0 radical (unpaired) electrons. The van der Waals surface area contributed by atoms with E-state index in [1.54, 1.807) is 13.3 Å². The fourth-order valence-electron chi connectivity index (χ4n) is 1.97. The first-order valence-corrected chi connectivity index (χ1v) is 6.65. The maximum Gasteiger partial charge on any atom is 0.231 e. The molecule has 0 fully saturated rings. The largest absolute Gasteiger partial charge is 0.481 e. The number of rotatable bonds is 6. The molecule has 2 aromatic heterocycles. The number of aromatic nitrogens is 3. The van der Waals surface area contributed by atoms with E-state index < -0.39 is 0 Å². The number of nitrogens with two attached hydrogens (primary N) is 1. The molecule has 6 heteroatoms. The van der Waals surface area contributed by atoms with Crippen molar-refractivity contribution in [2.24, 2.45) is 11.7 Å². The van der Waals surface area contributed by atoms with Crippen LogP contribution in [0.5, 0.6) is 5.88 Å². The predicted octanol–water partition coefficient (Wildman–Crippen LogP) is 1.76. The Balaban J connectivity index is 2.08. The van der Waals surface area contributed by atoms with Gasteiger partial charge in [-0.1, -0.05) is 25.1 Å². The standard InChI is InChI=1S/C14H20N4O2/c1-9(2)11(7-15)14-17-12(18-20-14)6-10-4-5-13(19-3)16-8-10/h4-5,8-9,11H,6-7,15H2,1-3H3. The molecule has 20 heavy (non-hydrogen) atoms. The van der Waals surface area contributed by atoms with Crippen LogP contribution in [0.1, 0.15) is 37.0 Å². The van der Waals surface area contributed by atoms with E-state index in [1.807, 2.05) is 12.1 Å². The summed E-state index contributed by atoms with van der Waals surface area (Å²) < 4.78 is 10.3. The first kappa shape index (κ1) is 14.5. The van der Waals surface area contributed by atoms with Crippen LogP contribution < -0.4 is 10.5 Å². The second-order valence-corrected chi connectivity index (χ2v) is 5.02. The first-order chi connectivity index (χ1) is 9.63. The quantitative estimate of drug-likeness (QED) is 0.865. The van der Waals surface area contributed by atoms with Crippen LogP contribution in [0.4, 0.5) is 0 Å². The Hall–Kier alpha value is -1.95. The molecular formula is C14H20N4O2. The van der Waals surface area contributed by atoms with Crippen LogP contribution in [0.15, 0.2) is 22.9 Å². The summed E-state index contributed by atoms with van der Waals surface area (Å²) in [6.07, 6.45) is 2.33. The number of pyridine rings is 1. The van der Waals surface area contributed by atoms with Crippen molar-refractivity contribution >= 4 is 0 Å². The summed E-state index contributed by atoms with van der Waals surface area (Å²) in [5, 5.41) is 4.00. The fourth-order valence-corrected chi connectivity index (χ4v) is 1.97. The van der Waals surface area contributed by atoms with Crippen molar-refractivity contribution in [2.45, 2.75) is 26.2 Å². The van der Waals surface area contributed by atoms with Gasteiger partial charge in [0.1, 0.15) is 0 Å². The highest BCUT2D eigenvalue weighted by atomic mass is 16.5. The highest BCUT2D eigenvalue weighted by Gasteiger charge is 2.21. The third-order valence-electron chi connectivity index (χ3n) is 3.23. The lowest BCUT2D eigenvalue weighted by molar-refractivity contribution is 0.322. The number of nitrogens with zero attached hydrogens (tertiary/aromatic N) is 3. The Labute approximate surface area is 118 Å². The van der Waals surface area contributed by atoms with Crippen molar-refractivity contribution in [3.8, 4) is 5.88 Å². The van der Waals surface area contributed by atoms with Gasteiger partial charge in [-0.25, -0.2) is 4.98 Å². The molecule has 0 bridgehead atoms. The number of ether oxygens (including phenoxy) is 1. The lowest BCUT2D eigenvalue weighted by Gasteiger charge is -2.13. The van der Waals surface area contributed by atoms with Gasteiger partial charge in [-0.15, -0.1) is 0 Å². The van der Waals surface area contributed by atoms with Gasteiger partial charge in [0, 0.05) is 25.2 Å². The van der Waals surface area contributed by atoms with Crippen molar-refractivity contribution in [3.05, 3.63) is 35.6 Å². The minimum Gasteiger partial charge on any atom is -0.481 e. The van der Waals surface area contributed by atoms with Gasteiger partial charge in [-0.05, 0) is 11.5 Å². The molecule has 2 rings (SSSR count). The van der Waals surface area contributed by atoms with Gasteiger partial charge in [0.15, 0.2) is 5.82 Å². The number of methoxy groups -OCH3 is 1. The van der Waals surface area contributed by atoms with E-state index in [0.717, 1.165) is 5.56 Å². The monoisotopic (exact) mass is 276 g/mol. The van der Waals surface area contributed by atoms with Crippen molar-refractivity contribution < 1.29 is 9.26 Å². The van der Waals surface area contributed by atoms with E-state index in [4.69, 9.17) is 15.0 Å². The lowest BCUT2D eigenvalue weighted by Crippen LogP contribution is -2.18. The zero-order chi connectivity index (χ0) is 14.5. The molecule has 0 saturated heterocycles. The molecule has 1 atom stereocenters. The molecule has 0 aliphatic carbocycles. The van der Waals surface area contributed by atoms with E-state index in [9.17, 15) is 0 Å². The molecule has 0 aliphatic heterocycles. The first-order valence-electron chi connectivity index (χ1n) is 6.65. The van der Waals surface area contributed by atoms with Gasteiger partial charge in [0.2, 0.25) is 11.8 Å². The zero-order valence-electron chi connectivity index (χ0n) is 12.0. The summed E-state index contributed by atoms with van der Waals surface area (Å²) in [6.45, 7) is 4.69. The molecule has 6 nitrogen and oxygen atoms in total. The third kappa shape index (κ3) is 3.33. The molecule has 1 unspecified atom stereocenters. The van der Waals surface area contributed by atoms with Gasteiger partial charge in [-0.3, -0.25) is 0 Å². The van der Waals surface area contributed by atoms with Crippen molar-refractivity contribution in [1.29, 1.82) is 0 Å². The Kier molecular flexibility index (Phi) is 4.68. The highest BCUT2D eigenvalue weighted by molar-refractivity contribution is 5.20. The SMILES string of the molecule is COc1ccc(Cc2noc(C(CN)C(C)C)n2)cn1. The summed E-state index contributed by atoms with van der Waals surface area (Å²) in [4.78, 5) is 8.57. The van der Waals surface area contributed by atoms with Gasteiger partial charge in [-0.2, -0.15) is 4.98 Å². The minimum atomic E-state index is 0.102. The molecule has 0 aliphatic rings. The van der Waals surface area contributed by atoms with E-state index in [1.165, 1.54) is 0 Å². The molecular weight excluding hydrogens is 256 g/mol.